The molecule has 0 aromatic heterocycles. The number of nitrogens with one attached hydrogen (secondary N) is 1. The molecule has 6 nitrogen and oxygen atoms in total. The zero-order valence-electron chi connectivity index (χ0n) is 11.1. The predicted molar refractivity (Wildman–Crippen MR) is 71.5 cm³/mol. The van der Waals surface area contributed by atoms with E-state index in [0.717, 1.165) is 22.7 Å². The molecule has 1 aromatic carbocycles. The van der Waals surface area contributed by atoms with Crippen molar-refractivity contribution in [2.24, 2.45) is 5.92 Å². The fourth-order valence-electron chi connectivity index (χ4n) is 2.71. The van der Waals surface area contributed by atoms with Gasteiger partial charge in [-0.3, -0.25) is 24.8 Å². The maximum absolute atomic E-state index is 12.3. The molecule has 0 spiro atoms. The summed E-state index contributed by atoms with van der Waals surface area (Å²) in [5, 5.41) is 1.14. The molecule has 0 bridgehead atoms. The maximum atomic E-state index is 12.3. The molecule has 0 radical (unpaired) electrons. The van der Waals surface area contributed by atoms with Crippen LogP contribution in [0.1, 0.15) is 12.0 Å². The summed E-state index contributed by atoms with van der Waals surface area (Å²) >= 11 is 0. The summed E-state index contributed by atoms with van der Waals surface area (Å²) in [4.78, 5) is 37.4. The zero-order chi connectivity index (χ0) is 14.3. The van der Waals surface area contributed by atoms with Crippen LogP contribution in [0.3, 0.4) is 0 Å². The fraction of sp³-hybridized carbons (Fsp3) is 0.357. The van der Waals surface area contributed by atoms with Crippen molar-refractivity contribution in [3.8, 4) is 0 Å². The van der Waals surface area contributed by atoms with Crippen LogP contribution in [0.4, 0.5) is 5.69 Å². The minimum atomic E-state index is -0.903. The molecule has 1 unspecified atom stereocenters. The molecule has 6 heteroatoms. The molecule has 2 heterocycles. The van der Waals surface area contributed by atoms with Gasteiger partial charge in [0, 0.05) is 25.7 Å². The Hall–Kier alpha value is -2.37. The molecular formula is C14H15N3O3. The molecule has 2 aliphatic rings. The van der Waals surface area contributed by atoms with E-state index in [1.165, 1.54) is 7.05 Å². The Kier molecular flexibility index (Phi) is 2.93. The predicted octanol–water partition coefficient (Wildman–Crippen LogP) is 0.0852. The number of amides is 3. The van der Waals surface area contributed by atoms with E-state index < -0.39 is 11.8 Å². The summed E-state index contributed by atoms with van der Waals surface area (Å²) in [6.45, 7) is 0.608. The van der Waals surface area contributed by atoms with Crippen LogP contribution in [0.5, 0.6) is 0 Å². The van der Waals surface area contributed by atoms with Gasteiger partial charge in [-0.25, -0.2) is 0 Å². The molecule has 2 aliphatic heterocycles. The lowest BCUT2D eigenvalue weighted by Crippen LogP contribution is -2.33. The van der Waals surface area contributed by atoms with Crippen LogP contribution >= 0.6 is 0 Å². The van der Waals surface area contributed by atoms with E-state index in [1.807, 2.05) is 24.3 Å². The number of nitrogens with zero attached hydrogens (tertiary/aromatic N) is 2. The van der Waals surface area contributed by atoms with E-state index in [2.05, 4.69) is 5.43 Å². The molecule has 3 amide bonds. The van der Waals surface area contributed by atoms with Gasteiger partial charge in [-0.15, -0.1) is 0 Å². The van der Waals surface area contributed by atoms with Crippen molar-refractivity contribution in [2.75, 3.05) is 18.5 Å². The van der Waals surface area contributed by atoms with E-state index in [4.69, 9.17) is 0 Å². The van der Waals surface area contributed by atoms with Gasteiger partial charge in [0.05, 0.1) is 0 Å². The third-order valence-corrected chi connectivity index (χ3v) is 3.79. The van der Waals surface area contributed by atoms with Crippen LogP contribution in [-0.2, 0) is 20.8 Å². The standard InChI is InChI=1S/C14H15N3O3/c1-16-14(20)10(13(19)15-16)8-12(18)17-7-6-9-4-2-3-5-11(9)17/h2-5,10H,6-8H2,1H3,(H,15,19). The van der Waals surface area contributed by atoms with E-state index in [9.17, 15) is 14.4 Å². The van der Waals surface area contributed by atoms with Crippen LogP contribution in [0.2, 0.25) is 0 Å². The first-order valence-electron chi connectivity index (χ1n) is 6.54. The van der Waals surface area contributed by atoms with E-state index in [1.54, 1.807) is 4.90 Å². The number of para-hydroxylation sites is 1. The van der Waals surface area contributed by atoms with Gasteiger partial charge >= 0.3 is 0 Å². The summed E-state index contributed by atoms with van der Waals surface area (Å²) in [5.41, 5.74) is 4.42. The van der Waals surface area contributed by atoms with Gasteiger partial charge in [0.2, 0.25) is 5.91 Å². The van der Waals surface area contributed by atoms with Gasteiger partial charge in [0.25, 0.3) is 11.8 Å². The van der Waals surface area contributed by atoms with Gasteiger partial charge in [-0.1, -0.05) is 18.2 Å². The number of carbonyl (C=O) groups excluding carboxylic acids is 3. The number of fused-ring (bicyclic) bond motifs is 1. The van der Waals surface area contributed by atoms with Crippen LogP contribution in [0.15, 0.2) is 24.3 Å². The highest BCUT2D eigenvalue weighted by atomic mass is 16.2. The second-order valence-electron chi connectivity index (χ2n) is 5.05. The van der Waals surface area contributed by atoms with Crippen molar-refractivity contribution in [3.63, 3.8) is 0 Å². The average molecular weight is 273 g/mol. The lowest BCUT2D eigenvalue weighted by atomic mass is 10.0. The van der Waals surface area contributed by atoms with Crippen LogP contribution < -0.4 is 10.3 Å². The van der Waals surface area contributed by atoms with Gasteiger partial charge < -0.3 is 4.90 Å². The molecule has 1 aromatic rings. The summed E-state index contributed by atoms with van der Waals surface area (Å²) in [5.74, 6) is -1.84. The first kappa shape index (κ1) is 12.7. The number of hydrogen-bond donors (Lipinski definition) is 1. The highest BCUT2D eigenvalue weighted by Gasteiger charge is 2.40. The molecule has 0 saturated carbocycles. The second kappa shape index (κ2) is 4.63. The number of benzene rings is 1. The number of rotatable bonds is 2. The van der Waals surface area contributed by atoms with Crippen molar-refractivity contribution >= 4 is 23.4 Å². The number of hydrazine groups is 1. The van der Waals surface area contributed by atoms with Crippen molar-refractivity contribution in [1.82, 2.24) is 10.4 Å². The Labute approximate surface area is 116 Å². The highest BCUT2D eigenvalue weighted by Crippen LogP contribution is 2.29. The summed E-state index contributed by atoms with van der Waals surface area (Å²) in [7, 11) is 1.48. The topological polar surface area (TPSA) is 69.7 Å². The molecule has 1 saturated heterocycles. The van der Waals surface area contributed by atoms with Gasteiger partial charge in [-0.05, 0) is 18.1 Å². The molecule has 1 fully saturated rings. The summed E-state index contributed by atoms with van der Waals surface area (Å²) in [6.07, 6.45) is 0.732. The van der Waals surface area contributed by atoms with Crippen LogP contribution in [0.25, 0.3) is 0 Å². The monoisotopic (exact) mass is 273 g/mol. The first-order valence-corrected chi connectivity index (χ1v) is 6.54. The lowest BCUT2D eigenvalue weighted by molar-refractivity contribution is -0.134. The molecule has 20 heavy (non-hydrogen) atoms. The lowest BCUT2D eigenvalue weighted by Gasteiger charge is -2.18. The Bertz CT molecular complexity index is 599. The van der Waals surface area contributed by atoms with Gasteiger partial charge in [0.1, 0.15) is 5.92 Å². The SMILES string of the molecule is CN1NC(=O)C(CC(=O)N2CCc3ccccc32)C1=O. The number of carbonyl (C=O) groups is 3. The molecule has 104 valence electrons. The summed E-state index contributed by atoms with van der Waals surface area (Å²) < 4.78 is 0. The molecule has 1 atom stereocenters. The molecular weight excluding hydrogens is 258 g/mol. The third kappa shape index (κ3) is 1.93. The fourth-order valence-corrected chi connectivity index (χ4v) is 2.71. The van der Waals surface area contributed by atoms with Crippen LogP contribution in [0, 0.1) is 5.92 Å². The minimum Gasteiger partial charge on any atom is -0.312 e. The Morgan fingerprint density at radius 3 is 2.80 bits per heavy atom. The van der Waals surface area contributed by atoms with E-state index >= 15 is 0 Å². The van der Waals surface area contributed by atoms with Crippen molar-refractivity contribution in [2.45, 2.75) is 12.8 Å². The molecule has 1 N–H and O–H groups in total. The maximum Gasteiger partial charge on any atom is 0.253 e. The smallest absolute Gasteiger partial charge is 0.253 e. The third-order valence-electron chi connectivity index (χ3n) is 3.79. The highest BCUT2D eigenvalue weighted by molar-refractivity contribution is 6.09. The molecule has 0 aliphatic carbocycles. The Morgan fingerprint density at radius 1 is 1.35 bits per heavy atom. The normalized spacial score (nSPS) is 21.1. The Balaban J connectivity index is 1.75. The van der Waals surface area contributed by atoms with Gasteiger partial charge in [0.15, 0.2) is 0 Å². The van der Waals surface area contributed by atoms with Crippen molar-refractivity contribution < 1.29 is 14.4 Å². The van der Waals surface area contributed by atoms with E-state index in [0.29, 0.717) is 6.54 Å². The van der Waals surface area contributed by atoms with Crippen LogP contribution in [-0.4, -0.2) is 36.3 Å². The molecule has 3 rings (SSSR count). The van der Waals surface area contributed by atoms with E-state index in [-0.39, 0.29) is 18.2 Å². The van der Waals surface area contributed by atoms with Crippen molar-refractivity contribution in [1.29, 1.82) is 0 Å². The minimum absolute atomic E-state index is 0.0800. The Morgan fingerprint density at radius 2 is 2.10 bits per heavy atom. The first-order chi connectivity index (χ1) is 9.58. The largest absolute Gasteiger partial charge is 0.312 e. The second-order valence-corrected chi connectivity index (χ2v) is 5.05. The van der Waals surface area contributed by atoms with Gasteiger partial charge in [-0.2, -0.15) is 0 Å². The quantitative estimate of drug-likeness (QED) is 0.776. The average Bonchev–Trinajstić information content (AvgIpc) is 2.96. The number of hydrogen-bond acceptors (Lipinski definition) is 3. The number of anilines is 1. The van der Waals surface area contributed by atoms with Crippen molar-refractivity contribution in [3.05, 3.63) is 29.8 Å². The summed E-state index contributed by atoms with van der Waals surface area (Å²) in [6, 6.07) is 7.70. The zero-order valence-corrected chi connectivity index (χ0v) is 11.1.